The van der Waals surface area contributed by atoms with E-state index in [1.165, 1.54) is 11.4 Å². The highest BCUT2D eigenvalue weighted by Crippen LogP contribution is 2.44. The molecule has 0 saturated carbocycles. The first-order chi connectivity index (χ1) is 17.0. The molecule has 0 aromatic carbocycles. The van der Waals surface area contributed by atoms with Crippen molar-refractivity contribution in [1.82, 2.24) is 24.5 Å². The molecular formula is C26H32N6O4. The number of pyridine rings is 1. The summed E-state index contributed by atoms with van der Waals surface area (Å²) in [6, 6.07) is 1.96. The number of anilines is 1. The Bertz CT molecular complexity index is 1360. The Morgan fingerprint density at radius 1 is 1.19 bits per heavy atom. The lowest BCUT2D eigenvalue weighted by Gasteiger charge is -2.39. The Morgan fingerprint density at radius 3 is 2.42 bits per heavy atom. The summed E-state index contributed by atoms with van der Waals surface area (Å²) in [5.41, 5.74) is 9.92. The summed E-state index contributed by atoms with van der Waals surface area (Å²) in [5.74, 6) is -0.224. The number of rotatable bonds is 5. The van der Waals surface area contributed by atoms with E-state index < -0.39 is 12.2 Å². The standard InChI is InChI=1S/C26H32N6O4/c1-13-7-16(10-28-23(13)26(3,4)36)19-11-29-32-24(27)21(14(2)34)22(30-25(19)32)15-8-17-5-6-18(9-15)31(17)20(35)12-33/h7,10-11,15,17-18,33,36H,5-6,8-9,12,27H2,1-4H3/t15?,17-,18+. The summed E-state index contributed by atoms with van der Waals surface area (Å²) in [4.78, 5) is 36.3. The van der Waals surface area contributed by atoms with E-state index in [9.17, 15) is 19.8 Å². The fourth-order valence-electron chi connectivity index (χ4n) is 6.14. The SMILES string of the molecule is CC(=O)c1c(C2C[C@H]3CC[C@@H](C2)N3C(=O)CO)nc2c(-c3cnc(C(C)(C)O)c(C)c3)cnn2c1N. The zero-order valence-electron chi connectivity index (χ0n) is 21.0. The number of hydrogen-bond donors (Lipinski definition) is 3. The van der Waals surface area contributed by atoms with Crippen molar-refractivity contribution in [3.05, 3.63) is 41.0 Å². The molecule has 2 aliphatic heterocycles. The maximum absolute atomic E-state index is 12.7. The first-order valence-electron chi connectivity index (χ1n) is 12.3. The Morgan fingerprint density at radius 2 is 1.86 bits per heavy atom. The van der Waals surface area contributed by atoms with Gasteiger partial charge in [-0.3, -0.25) is 14.6 Å². The number of carbonyl (C=O) groups is 2. The van der Waals surface area contributed by atoms with Gasteiger partial charge in [0, 0.05) is 35.3 Å². The van der Waals surface area contributed by atoms with E-state index in [0.717, 1.165) is 29.5 Å². The van der Waals surface area contributed by atoms with E-state index in [1.54, 1.807) is 26.2 Å². The Labute approximate surface area is 209 Å². The Balaban J connectivity index is 1.61. The second-order valence-corrected chi connectivity index (χ2v) is 10.6. The number of amides is 1. The van der Waals surface area contributed by atoms with Crippen LogP contribution in [0.3, 0.4) is 0 Å². The van der Waals surface area contributed by atoms with Crippen LogP contribution >= 0.6 is 0 Å². The summed E-state index contributed by atoms with van der Waals surface area (Å²) >= 11 is 0. The molecule has 3 atom stereocenters. The molecule has 1 amide bonds. The number of aliphatic hydroxyl groups excluding tert-OH is 1. The number of aliphatic hydroxyl groups is 2. The number of nitrogen functional groups attached to an aromatic ring is 1. The summed E-state index contributed by atoms with van der Waals surface area (Å²) in [6.07, 6.45) is 6.42. The molecule has 0 radical (unpaired) electrons. The number of ketones is 1. The molecule has 10 heteroatoms. The summed E-state index contributed by atoms with van der Waals surface area (Å²) in [7, 11) is 0. The fraction of sp³-hybridized carbons (Fsp3) is 0.500. The van der Waals surface area contributed by atoms with Crippen LogP contribution in [0, 0.1) is 6.92 Å². The van der Waals surface area contributed by atoms with Gasteiger partial charge in [-0.25, -0.2) is 4.98 Å². The number of aromatic nitrogens is 4. The van der Waals surface area contributed by atoms with Gasteiger partial charge in [0.15, 0.2) is 11.4 Å². The molecule has 5 rings (SSSR count). The molecule has 2 bridgehead atoms. The van der Waals surface area contributed by atoms with Gasteiger partial charge in [-0.15, -0.1) is 0 Å². The van der Waals surface area contributed by atoms with Crippen LogP contribution in [0.5, 0.6) is 0 Å². The Kier molecular flexibility index (Phi) is 5.83. The maximum atomic E-state index is 12.7. The minimum atomic E-state index is -1.07. The lowest BCUT2D eigenvalue weighted by molar-refractivity contribution is -0.138. The minimum Gasteiger partial charge on any atom is -0.387 e. The zero-order chi connectivity index (χ0) is 25.9. The number of Topliss-reactive ketones (excluding diaryl/α,β-unsaturated/α-hetero) is 1. The van der Waals surface area contributed by atoms with E-state index >= 15 is 0 Å². The van der Waals surface area contributed by atoms with Crippen LogP contribution < -0.4 is 5.73 Å². The molecule has 0 spiro atoms. The molecule has 1 unspecified atom stereocenters. The van der Waals surface area contributed by atoms with Crippen molar-refractivity contribution in [2.24, 2.45) is 0 Å². The average Bonchev–Trinajstić information content (AvgIpc) is 3.35. The molecule has 2 aliphatic rings. The highest BCUT2D eigenvalue weighted by Gasteiger charge is 2.44. The van der Waals surface area contributed by atoms with Gasteiger partial charge in [0.2, 0.25) is 5.91 Å². The number of piperidine rings is 1. The average molecular weight is 493 g/mol. The van der Waals surface area contributed by atoms with Gasteiger partial charge in [0.1, 0.15) is 18.0 Å². The lowest BCUT2D eigenvalue weighted by Crippen LogP contribution is -2.47. The number of nitrogens with two attached hydrogens (primary N) is 1. The molecule has 190 valence electrons. The van der Waals surface area contributed by atoms with Crippen molar-refractivity contribution in [2.75, 3.05) is 12.3 Å². The van der Waals surface area contributed by atoms with Crippen molar-refractivity contribution >= 4 is 23.2 Å². The highest BCUT2D eigenvalue weighted by atomic mass is 16.3. The molecule has 5 heterocycles. The predicted molar refractivity (Wildman–Crippen MR) is 133 cm³/mol. The van der Waals surface area contributed by atoms with Crippen molar-refractivity contribution in [1.29, 1.82) is 0 Å². The van der Waals surface area contributed by atoms with Crippen molar-refractivity contribution in [2.45, 2.75) is 77.0 Å². The van der Waals surface area contributed by atoms with E-state index in [2.05, 4.69) is 10.1 Å². The van der Waals surface area contributed by atoms with Crippen molar-refractivity contribution < 1.29 is 19.8 Å². The van der Waals surface area contributed by atoms with Crippen LogP contribution in [0.1, 0.15) is 79.7 Å². The van der Waals surface area contributed by atoms with Gasteiger partial charge in [0.05, 0.1) is 23.1 Å². The molecule has 3 aromatic heterocycles. The van der Waals surface area contributed by atoms with Crippen LogP contribution in [-0.4, -0.2) is 65.1 Å². The van der Waals surface area contributed by atoms with Crippen LogP contribution in [0.4, 0.5) is 5.82 Å². The van der Waals surface area contributed by atoms with Gasteiger partial charge in [-0.2, -0.15) is 9.61 Å². The van der Waals surface area contributed by atoms with Crippen LogP contribution in [0.15, 0.2) is 18.5 Å². The number of fused-ring (bicyclic) bond motifs is 3. The second kappa shape index (κ2) is 8.63. The van der Waals surface area contributed by atoms with Gasteiger partial charge in [0.25, 0.3) is 0 Å². The number of aryl methyl sites for hydroxylation is 1. The molecule has 2 fully saturated rings. The summed E-state index contributed by atoms with van der Waals surface area (Å²) in [5, 5.41) is 24.2. The monoisotopic (exact) mass is 492 g/mol. The molecular weight excluding hydrogens is 460 g/mol. The largest absolute Gasteiger partial charge is 0.387 e. The molecule has 4 N–H and O–H groups in total. The molecule has 0 aliphatic carbocycles. The maximum Gasteiger partial charge on any atom is 0.248 e. The van der Waals surface area contributed by atoms with Crippen LogP contribution in [0.25, 0.3) is 16.8 Å². The van der Waals surface area contributed by atoms with E-state index in [0.29, 0.717) is 35.4 Å². The number of carbonyl (C=O) groups excluding carboxylic acids is 2. The molecule has 36 heavy (non-hydrogen) atoms. The first-order valence-corrected chi connectivity index (χ1v) is 12.3. The van der Waals surface area contributed by atoms with Crippen molar-refractivity contribution in [3.63, 3.8) is 0 Å². The van der Waals surface area contributed by atoms with E-state index in [1.807, 2.05) is 17.9 Å². The smallest absolute Gasteiger partial charge is 0.248 e. The zero-order valence-corrected chi connectivity index (χ0v) is 21.0. The van der Waals surface area contributed by atoms with Crippen LogP contribution in [0.2, 0.25) is 0 Å². The fourth-order valence-corrected chi connectivity index (χ4v) is 6.14. The third kappa shape index (κ3) is 3.84. The van der Waals surface area contributed by atoms with E-state index in [4.69, 9.17) is 10.7 Å². The minimum absolute atomic E-state index is 0.0121. The molecule has 10 nitrogen and oxygen atoms in total. The summed E-state index contributed by atoms with van der Waals surface area (Å²) < 4.78 is 1.49. The first kappa shape index (κ1) is 24.3. The van der Waals surface area contributed by atoms with E-state index in [-0.39, 0.29) is 35.5 Å². The second-order valence-electron chi connectivity index (χ2n) is 10.6. The number of nitrogens with zero attached hydrogens (tertiary/aromatic N) is 5. The van der Waals surface area contributed by atoms with Crippen LogP contribution in [-0.2, 0) is 10.4 Å². The highest BCUT2D eigenvalue weighted by molar-refractivity contribution is 6.00. The van der Waals surface area contributed by atoms with Gasteiger partial charge >= 0.3 is 0 Å². The quantitative estimate of drug-likeness (QED) is 0.460. The predicted octanol–water partition coefficient (Wildman–Crippen LogP) is 2.34. The van der Waals surface area contributed by atoms with Gasteiger partial charge < -0.3 is 20.8 Å². The molecule has 3 aromatic rings. The lowest BCUT2D eigenvalue weighted by atomic mass is 9.85. The topological polar surface area (TPSA) is 147 Å². The normalized spacial score (nSPS) is 21.8. The van der Waals surface area contributed by atoms with Gasteiger partial charge in [-0.1, -0.05) is 0 Å². The summed E-state index contributed by atoms with van der Waals surface area (Å²) in [6.45, 7) is 6.28. The number of hydrogen-bond acceptors (Lipinski definition) is 8. The molecule has 2 saturated heterocycles. The van der Waals surface area contributed by atoms with Crippen molar-refractivity contribution in [3.8, 4) is 11.1 Å². The third-order valence-electron chi connectivity index (χ3n) is 7.57. The van der Waals surface area contributed by atoms with Gasteiger partial charge in [-0.05, 0) is 65.0 Å². The third-order valence-corrected chi connectivity index (χ3v) is 7.57. The Hall–Kier alpha value is -3.37.